The highest BCUT2D eigenvalue weighted by atomic mass is 16.3. The number of amidine groups is 1. The van der Waals surface area contributed by atoms with Gasteiger partial charge in [-0.2, -0.15) is 0 Å². The van der Waals surface area contributed by atoms with Gasteiger partial charge in [-0.3, -0.25) is 10.3 Å². The van der Waals surface area contributed by atoms with Gasteiger partial charge in [0.2, 0.25) is 0 Å². The van der Waals surface area contributed by atoms with Gasteiger partial charge in [0.05, 0.1) is 6.20 Å². The summed E-state index contributed by atoms with van der Waals surface area (Å²) < 4.78 is 12.8. The van der Waals surface area contributed by atoms with Crippen LogP contribution in [0.15, 0.2) is 160 Å². The Labute approximate surface area is 275 Å². The molecule has 0 saturated heterocycles. The van der Waals surface area contributed by atoms with Gasteiger partial charge in [-0.15, -0.1) is 0 Å². The molecule has 0 amide bonds. The Morgan fingerprint density at radius 2 is 1.19 bits per heavy atom. The van der Waals surface area contributed by atoms with Crippen molar-refractivity contribution in [2.75, 3.05) is 0 Å². The normalized spacial score (nSPS) is 16.5. The van der Waals surface area contributed by atoms with Crippen LogP contribution in [0.4, 0.5) is 0 Å². The number of fused-ring (bicyclic) bond motifs is 8. The molecule has 228 valence electrons. The maximum Gasteiger partial charge on any atom is 0.154 e. The van der Waals surface area contributed by atoms with Gasteiger partial charge >= 0.3 is 0 Å². The summed E-state index contributed by atoms with van der Waals surface area (Å²) in [4.78, 5) is 9.76. The second kappa shape index (κ2) is 10.7. The lowest BCUT2D eigenvalue weighted by molar-refractivity contribution is 0.409. The number of aliphatic imine (C=N–C) groups is 1. The monoisotopic (exact) mass is 620 g/mol. The fraction of sp³-hybridized carbons (Fsp3) is 0.0476. The van der Waals surface area contributed by atoms with Crippen LogP contribution in [-0.2, 0) is 0 Å². The lowest BCUT2D eigenvalue weighted by Gasteiger charge is -2.32. The van der Waals surface area contributed by atoms with E-state index < -0.39 is 0 Å². The molecule has 1 aliphatic rings. The van der Waals surface area contributed by atoms with Crippen LogP contribution in [0.5, 0.6) is 0 Å². The number of rotatable bonds is 4. The fourth-order valence-corrected chi connectivity index (χ4v) is 7.13. The number of nitrogens with zero attached hydrogens (tertiary/aromatic N) is 2. The van der Waals surface area contributed by atoms with Crippen LogP contribution in [0.3, 0.4) is 0 Å². The quantitative estimate of drug-likeness (QED) is 0.205. The first-order valence-electron chi connectivity index (χ1n) is 16.1. The highest BCUT2D eigenvalue weighted by Gasteiger charge is 2.27. The van der Waals surface area contributed by atoms with Gasteiger partial charge in [-0.1, -0.05) is 103 Å². The Morgan fingerprint density at radius 3 is 1.96 bits per heavy atom. The maximum absolute atomic E-state index is 6.47. The van der Waals surface area contributed by atoms with E-state index >= 15 is 0 Å². The summed E-state index contributed by atoms with van der Waals surface area (Å²) in [7, 11) is 0. The summed E-state index contributed by atoms with van der Waals surface area (Å²) in [6.07, 6.45) is 3.29. The summed E-state index contributed by atoms with van der Waals surface area (Å²) in [5.74, 6) is 0.768. The minimum absolute atomic E-state index is 0.143. The number of pyridine rings is 1. The van der Waals surface area contributed by atoms with Crippen LogP contribution < -0.4 is 10.6 Å². The van der Waals surface area contributed by atoms with E-state index in [-0.39, 0.29) is 12.3 Å². The third kappa shape index (κ3) is 4.31. The first-order chi connectivity index (χ1) is 23.8. The van der Waals surface area contributed by atoms with Crippen molar-refractivity contribution < 1.29 is 8.83 Å². The summed E-state index contributed by atoms with van der Waals surface area (Å²) in [5, 5.41) is 14.0. The van der Waals surface area contributed by atoms with Crippen LogP contribution in [-0.4, -0.2) is 10.8 Å². The Hall–Kier alpha value is -6.24. The van der Waals surface area contributed by atoms with E-state index in [1.165, 1.54) is 10.8 Å². The smallest absolute Gasteiger partial charge is 0.154 e. The van der Waals surface area contributed by atoms with Crippen molar-refractivity contribution in [3.05, 3.63) is 163 Å². The van der Waals surface area contributed by atoms with Gasteiger partial charge in [0.1, 0.15) is 34.9 Å². The second-order valence-corrected chi connectivity index (χ2v) is 12.3. The molecule has 0 radical (unpaired) electrons. The molecule has 6 heteroatoms. The fourth-order valence-electron chi connectivity index (χ4n) is 7.13. The molecule has 2 unspecified atom stereocenters. The van der Waals surface area contributed by atoms with E-state index in [0.717, 1.165) is 77.5 Å². The highest BCUT2D eigenvalue weighted by Crippen LogP contribution is 2.39. The average Bonchev–Trinajstić information content (AvgIpc) is 3.73. The van der Waals surface area contributed by atoms with Crippen molar-refractivity contribution in [1.82, 2.24) is 15.6 Å². The zero-order chi connectivity index (χ0) is 31.6. The van der Waals surface area contributed by atoms with Gasteiger partial charge in [0, 0.05) is 33.3 Å². The number of aromatic nitrogens is 1. The molecule has 6 aromatic carbocycles. The molecule has 2 N–H and O–H groups in total. The standard InChI is InChI=1S/C42H28N4O2/c1-3-10-26(11-4-1)40-44-41(27-12-5-2-6-13-27)46-42(45-40)33-23-43-24-37-39(33)32-19-16-29(22-36(32)48-37)28-15-18-31-35(21-28)47-34-20-17-25-9-7-8-14-30(25)38(31)34/h1-24,40-41,44H,(H,45,46). The molecule has 9 aromatic rings. The molecule has 4 heterocycles. The molecule has 0 bridgehead atoms. The van der Waals surface area contributed by atoms with Crippen molar-refractivity contribution >= 4 is 60.5 Å². The number of benzene rings is 6. The highest BCUT2D eigenvalue weighted by molar-refractivity contribution is 6.20. The van der Waals surface area contributed by atoms with Crippen LogP contribution in [0.1, 0.15) is 29.0 Å². The van der Waals surface area contributed by atoms with E-state index in [4.69, 9.17) is 13.8 Å². The molecular formula is C42H28N4O2. The van der Waals surface area contributed by atoms with Gasteiger partial charge in [-0.05, 0) is 63.4 Å². The van der Waals surface area contributed by atoms with Crippen molar-refractivity contribution in [2.24, 2.45) is 4.99 Å². The second-order valence-electron chi connectivity index (χ2n) is 12.3. The largest absolute Gasteiger partial charge is 0.456 e. The molecule has 0 fully saturated rings. The Morgan fingerprint density at radius 1 is 0.521 bits per heavy atom. The topological polar surface area (TPSA) is 75.6 Å². The number of furan rings is 2. The van der Waals surface area contributed by atoms with E-state index in [1.807, 2.05) is 30.5 Å². The van der Waals surface area contributed by atoms with Gasteiger partial charge in [0.15, 0.2) is 5.58 Å². The van der Waals surface area contributed by atoms with E-state index in [9.17, 15) is 0 Å². The van der Waals surface area contributed by atoms with E-state index in [2.05, 4.69) is 125 Å². The molecule has 1 aliphatic heterocycles. The Kier molecular flexibility index (Phi) is 5.98. The molecule has 3 aromatic heterocycles. The predicted octanol–water partition coefficient (Wildman–Crippen LogP) is 10.0. The third-order valence-electron chi connectivity index (χ3n) is 9.44. The Balaban J connectivity index is 1.08. The van der Waals surface area contributed by atoms with Crippen LogP contribution in [0.25, 0.3) is 65.8 Å². The predicted molar refractivity (Wildman–Crippen MR) is 193 cm³/mol. The van der Waals surface area contributed by atoms with Crippen LogP contribution >= 0.6 is 0 Å². The molecular weight excluding hydrogens is 592 g/mol. The average molecular weight is 621 g/mol. The summed E-state index contributed by atoms with van der Waals surface area (Å²) in [6.45, 7) is 0. The van der Waals surface area contributed by atoms with E-state index in [0.29, 0.717) is 0 Å². The molecule has 10 rings (SSSR count). The molecule has 0 aliphatic carbocycles. The molecule has 0 spiro atoms. The van der Waals surface area contributed by atoms with Gasteiger partial charge in [0.25, 0.3) is 0 Å². The number of hydrogen-bond acceptors (Lipinski definition) is 6. The lowest BCUT2D eigenvalue weighted by Crippen LogP contribution is -2.45. The van der Waals surface area contributed by atoms with Crippen LogP contribution in [0.2, 0.25) is 0 Å². The zero-order valence-electron chi connectivity index (χ0n) is 25.7. The third-order valence-corrected chi connectivity index (χ3v) is 9.44. The molecule has 48 heavy (non-hydrogen) atoms. The first-order valence-corrected chi connectivity index (χ1v) is 16.1. The molecule has 2 atom stereocenters. The van der Waals surface area contributed by atoms with Crippen LogP contribution in [0, 0.1) is 0 Å². The lowest BCUT2D eigenvalue weighted by atomic mass is 9.99. The maximum atomic E-state index is 6.47. The number of nitrogens with one attached hydrogen (secondary N) is 2. The molecule has 0 saturated carbocycles. The van der Waals surface area contributed by atoms with Gasteiger partial charge < -0.3 is 14.2 Å². The summed E-state index contributed by atoms with van der Waals surface area (Å²) >= 11 is 0. The molecule has 6 nitrogen and oxygen atoms in total. The number of hydrogen-bond donors (Lipinski definition) is 2. The minimum Gasteiger partial charge on any atom is -0.456 e. The Bertz CT molecular complexity index is 2690. The van der Waals surface area contributed by atoms with Gasteiger partial charge in [-0.25, -0.2) is 4.99 Å². The SMILES string of the molecule is c1ccc(C2N=C(c3cncc4oc5cc(-c6ccc7c(c6)oc6ccc8ccccc8c67)ccc5c34)NC(c3ccccc3)N2)cc1. The van der Waals surface area contributed by atoms with Crippen molar-refractivity contribution in [3.8, 4) is 11.1 Å². The van der Waals surface area contributed by atoms with Crippen molar-refractivity contribution in [1.29, 1.82) is 0 Å². The van der Waals surface area contributed by atoms with Crippen molar-refractivity contribution in [2.45, 2.75) is 12.3 Å². The zero-order valence-corrected chi connectivity index (χ0v) is 25.7. The first kappa shape index (κ1) is 26.9. The van der Waals surface area contributed by atoms with Crippen molar-refractivity contribution in [3.63, 3.8) is 0 Å². The van der Waals surface area contributed by atoms with E-state index in [1.54, 1.807) is 6.20 Å². The minimum atomic E-state index is -0.237. The summed E-state index contributed by atoms with van der Waals surface area (Å²) in [6, 6.07) is 46.2. The summed E-state index contributed by atoms with van der Waals surface area (Å²) in [5.41, 5.74) is 8.50.